The number of nitrogens with one attached hydrogen (secondary N) is 1. The SMILES string of the molecule is CC(C)C(=O)N1C2C=C(c3cc(S(=O)(=O)NC4(C#N)CC4)cc4c(-c5nnc(C(F)F)s5)nn(C)c34)CC1CC2. The molecule has 2 bridgehead atoms. The summed E-state index contributed by atoms with van der Waals surface area (Å²) in [7, 11) is -2.41. The number of rotatable bonds is 7. The van der Waals surface area contributed by atoms with E-state index in [-0.39, 0.29) is 39.5 Å². The van der Waals surface area contributed by atoms with Gasteiger partial charge in [0.1, 0.15) is 11.2 Å². The molecule has 1 amide bonds. The van der Waals surface area contributed by atoms with Crippen molar-refractivity contribution in [3.63, 3.8) is 0 Å². The van der Waals surface area contributed by atoms with Crippen LogP contribution in [0.1, 0.15) is 62.9 Å². The Kier molecular flexibility index (Phi) is 6.32. The summed E-state index contributed by atoms with van der Waals surface area (Å²) in [6.07, 6.45) is 2.28. The molecular weight excluding hydrogens is 560 g/mol. The van der Waals surface area contributed by atoms with Crippen molar-refractivity contribution >= 4 is 43.7 Å². The number of aryl methyl sites for hydroxylation is 1. The lowest BCUT2D eigenvalue weighted by molar-refractivity contribution is -0.136. The third-order valence-electron chi connectivity index (χ3n) is 7.84. The Labute approximate surface area is 233 Å². The van der Waals surface area contributed by atoms with Gasteiger partial charge in [-0.25, -0.2) is 17.2 Å². The third kappa shape index (κ3) is 4.40. The molecule has 0 radical (unpaired) electrons. The number of fused-ring (bicyclic) bond motifs is 3. The second-order valence-corrected chi connectivity index (χ2v) is 13.7. The van der Waals surface area contributed by atoms with Crippen LogP contribution in [0, 0.1) is 17.2 Å². The number of halogens is 2. The molecule has 1 aromatic carbocycles. The van der Waals surface area contributed by atoms with Crippen LogP contribution in [-0.2, 0) is 21.9 Å². The van der Waals surface area contributed by atoms with Gasteiger partial charge in [0.05, 0.1) is 22.5 Å². The molecule has 2 aliphatic heterocycles. The first-order chi connectivity index (χ1) is 18.9. The van der Waals surface area contributed by atoms with E-state index >= 15 is 0 Å². The molecule has 1 N–H and O–H groups in total. The molecule has 1 saturated carbocycles. The highest BCUT2D eigenvalue weighted by atomic mass is 32.2. The Morgan fingerprint density at radius 2 is 2.00 bits per heavy atom. The molecule has 3 aromatic rings. The Hall–Kier alpha value is -3.28. The number of hydrogen-bond acceptors (Lipinski definition) is 8. The predicted octanol–water partition coefficient (Wildman–Crippen LogP) is 4.17. The molecule has 3 aliphatic rings. The lowest BCUT2D eigenvalue weighted by Gasteiger charge is -2.35. The van der Waals surface area contributed by atoms with E-state index in [0.717, 1.165) is 18.4 Å². The highest BCUT2D eigenvalue weighted by Crippen LogP contribution is 2.44. The first kappa shape index (κ1) is 26.9. The molecule has 4 heterocycles. The van der Waals surface area contributed by atoms with Crippen LogP contribution in [0.15, 0.2) is 23.1 Å². The molecular formula is C26H27F2N7O3S2. The van der Waals surface area contributed by atoms with Crippen molar-refractivity contribution in [3.8, 4) is 16.8 Å². The number of nitriles is 1. The maximum Gasteiger partial charge on any atom is 0.291 e. The van der Waals surface area contributed by atoms with Crippen molar-refractivity contribution in [3.05, 3.63) is 28.8 Å². The summed E-state index contributed by atoms with van der Waals surface area (Å²) < 4.78 is 57.8. The van der Waals surface area contributed by atoms with Crippen molar-refractivity contribution in [2.45, 2.75) is 74.9 Å². The topological polar surface area (TPSA) is 134 Å². The minimum absolute atomic E-state index is 0.00822. The lowest BCUT2D eigenvalue weighted by Crippen LogP contribution is -2.44. The maximum atomic E-state index is 13.5. The van der Waals surface area contributed by atoms with Crippen LogP contribution in [0.4, 0.5) is 8.78 Å². The zero-order chi connectivity index (χ0) is 28.6. The van der Waals surface area contributed by atoms with Gasteiger partial charge in [0.15, 0.2) is 10.0 Å². The Morgan fingerprint density at radius 3 is 2.60 bits per heavy atom. The van der Waals surface area contributed by atoms with Crippen molar-refractivity contribution in [1.82, 2.24) is 29.6 Å². The van der Waals surface area contributed by atoms with Gasteiger partial charge < -0.3 is 4.90 Å². The van der Waals surface area contributed by atoms with E-state index < -0.39 is 27.0 Å². The van der Waals surface area contributed by atoms with Crippen molar-refractivity contribution < 1.29 is 22.0 Å². The molecule has 0 spiro atoms. The molecule has 2 unspecified atom stereocenters. The zero-order valence-electron chi connectivity index (χ0n) is 22.1. The lowest BCUT2D eigenvalue weighted by atomic mass is 9.92. The standard InChI is InChI=1S/C26H27F2N7O3S2/c1-13(2)25(36)35-15-4-5-16(35)9-14(8-15)18-10-17(40(37,38)33-26(12-29)6-7-26)11-19-20(32-34(3)21(18)19)23-30-31-24(39-23)22(27)28/h8,10-11,13,15-16,22,33H,4-7,9H2,1-3H3. The summed E-state index contributed by atoms with van der Waals surface area (Å²) in [4.78, 5) is 14.8. The fourth-order valence-corrected chi connectivity index (χ4v) is 7.84. The van der Waals surface area contributed by atoms with Gasteiger partial charge in [-0.15, -0.1) is 10.2 Å². The van der Waals surface area contributed by atoms with E-state index in [9.17, 15) is 27.3 Å². The zero-order valence-corrected chi connectivity index (χ0v) is 23.7. The third-order valence-corrected chi connectivity index (χ3v) is 10.3. The van der Waals surface area contributed by atoms with Gasteiger partial charge in [-0.3, -0.25) is 9.48 Å². The predicted molar refractivity (Wildman–Crippen MR) is 144 cm³/mol. The number of carbonyl (C=O) groups excluding carboxylic acids is 1. The van der Waals surface area contributed by atoms with Crippen LogP contribution in [0.2, 0.25) is 0 Å². The normalized spacial score (nSPS) is 21.8. The van der Waals surface area contributed by atoms with Gasteiger partial charge in [0.25, 0.3) is 6.43 Å². The maximum absolute atomic E-state index is 13.5. The highest BCUT2D eigenvalue weighted by Gasteiger charge is 2.47. The molecule has 6 rings (SSSR count). The van der Waals surface area contributed by atoms with Crippen molar-refractivity contribution in [1.29, 1.82) is 5.26 Å². The van der Waals surface area contributed by atoms with Crippen LogP contribution >= 0.6 is 11.3 Å². The summed E-state index contributed by atoms with van der Waals surface area (Å²) in [6, 6.07) is 4.97. The number of benzene rings is 1. The number of carbonyl (C=O) groups is 1. The first-order valence-electron chi connectivity index (χ1n) is 13.0. The van der Waals surface area contributed by atoms with Gasteiger partial charge in [-0.05, 0) is 49.8 Å². The quantitative estimate of drug-likeness (QED) is 0.439. The monoisotopic (exact) mass is 587 g/mol. The van der Waals surface area contributed by atoms with Gasteiger partial charge in [-0.2, -0.15) is 15.1 Å². The van der Waals surface area contributed by atoms with Crippen molar-refractivity contribution in [2.75, 3.05) is 0 Å². The summed E-state index contributed by atoms with van der Waals surface area (Å²) in [5, 5.41) is 21.7. The molecule has 1 saturated heterocycles. The molecule has 2 atom stereocenters. The van der Waals surface area contributed by atoms with Gasteiger partial charge in [-0.1, -0.05) is 31.3 Å². The molecule has 210 valence electrons. The second kappa shape index (κ2) is 9.39. The first-order valence-corrected chi connectivity index (χ1v) is 15.3. The fourth-order valence-electron chi connectivity index (χ4n) is 5.72. The van der Waals surface area contributed by atoms with E-state index in [4.69, 9.17) is 0 Å². The fraction of sp³-hybridized carbons (Fsp3) is 0.500. The van der Waals surface area contributed by atoms with Crippen molar-refractivity contribution in [2.24, 2.45) is 13.0 Å². The molecule has 14 heteroatoms. The van der Waals surface area contributed by atoms with Gasteiger partial charge >= 0.3 is 0 Å². The van der Waals surface area contributed by atoms with Crippen LogP contribution in [0.3, 0.4) is 0 Å². The summed E-state index contributed by atoms with van der Waals surface area (Å²) >= 11 is 0.703. The summed E-state index contributed by atoms with van der Waals surface area (Å²) in [5.41, 5.74) is 1.27. The van der Waals surface area contributed by atoms with Gasteiger partial charge in [0.2, 0.25) is 15.9 Å². The highest BCUT2D eigenvalue weighted by molar-refractivity contribution is 7.89. The minimum Gasteiger partial charge on any atom is -0.333 e. The van der Waals surface area contributed by atoms with Crippen LogP contribution in [-0.4, -0.2) is 56.8 Å². The molecule has 10 nitrogen and oxygen atoms in total. The number of alkyl halides is 2. The Morgan fingerprint density at radius 1 is 1.25 bits per heavy atom. The van der Waals surface area contributed by atoms with E-state index in [1.54, 1.807) is 17.8 Å². The Balaban J connectivity index is 1.53. The summed E-state index contributed by atoms with van der Waals surface area (Å²) in [6.45, 7) is 3.76. The summed E-state index contributed by atoms with van der Waals surface area (Å²) in [5.74, 6) is -0.0440. The van der Waals surface area contributed by atoms with Crippen LogP contribution in [0.25, 0.3) is 27.2 Å². The molecule has 40 heavy (non-hydrogen) atoms. The number of amides is 1. The minimum atomic E-state index is -4.12. The second-order valence-electron chi connectivity index (χ2n) is 11.0. The number of aromatic nitrogens is 4. The molecule has 2 fully saturated rings. The van der Waals surface area contributed by atoms with Crippen LogP contribution < -0.4 is 4.72 Å². The number of sulfonamides is 1. The number of hydrogen-bond donors (Lipinski definition) is 1. The largest absolute Gasteiger partial charge is 0.333 e. The van der Waals surface area contributed by atoms with Gasteiger partial charge in [0, 0.05) is 30.0 Å². The average molecular weight is 588 g/mol. The van der Waals surface area contributed by atoms with E-state index in [0.29, 0.717) is 47.1 Å². The van der Waals surface area contributed by atoms with Crippen LogP contribution in [0.5, 0.6) is 0 Å². The van der Waals surface area contributed by atoms with E-state index in [1.807, 2.05) is 30.9 Å². The average Bonchev–Trinajstić information content (AvgIpc) is 3.22. The van der Waals surface area contributed by atoms with E-state index in [2.05, 4.69) is 20.0 Å². The Bertz CT molecular complexity index is 1720. The van der Waals surface area contributed by atoms with E-state index in [1.165, 1.54) is 6.07 Å². The molecule has 1 aliphatic carbocycles. The number of nitrogens with zero attached hydrogens (tertiary/aromatic N) is 6. The smallest absolute Gasteiger partial charge is 0.291 e. The molecule has 2 aromatic heterocycles.